The number of hydrogen-bond donors (Lipinski definition) is 4. The monoisotopic (exact) mass is 810 g/mol. The second kappa shape index (κ2) is 15.9. The number of benzene rings is 2. The number of carbonyl (C=O) groups excluding carboxylic acids is 4. The Hall–Kier alpha value is -5.39. The van der Waals surface area contributed by atoms with Gasteiger partial charge in [-0.05, 0) is 53.3 Å². The number of ether oxygens (including phenoxy) is 2. The number of alkyl carbamates (subject to hydrolysis) is 2. The third-order valence-electron chi connectivity index (χ3n) is 10.7. The summed E-state index contributed by atoms with van der Waals surface area (Å²) in [5.41, 5.74) is 2.84. The van der Waals surface area contributed by atoms with Crippen LogP contribution in [0, 0.1) is 17.7 Å². The van der Waals surface area contributed by atoms with Gasteiger partial charge in [0.05, 0.1) is 63.8 Å². The molecule has 2 aliphatic heterocycles. The number of H-pyrrole nitrogens is 2. The lowest BCUT2D eigenvalue weighted by Crippen LogP contribution is -2.52. The minimum Gasteiger partial charge on any atom is -0.453 e. The van der Waals surface area contributed by atoms with E-state index in [-0.39, 0.29) is 29.3 Å². The van der Waals surface area contributed by atoms with Crippen LogP contribution >= 0.6 is 0 Å². The molecule has 2 fully saturated rings. The summed E-state index contributed by atoms with van der Waals surface area (Å²) >= 11 is 0. The van der Waals surface area contributed by atoms with E-state index in [9.17, 15) is 28.0 Å². The highest BCUT2D eigenvalue weighted by molar-refractivity contribution is 6.78. The number of alkyl halides is 2. The summed E-state index contributed by atoms with van der Waals surface area (Å²) in [7, 11) is 0.528. The molecule has 4 heterocycles. The largest absolute Gasteiger partial charge is 0.453 e. The minimum atomic E-state index is -3.18. The summed E-state index contributed by atoms with van der Waals surface area (Å²) in [6, 6.07) is 7.33. The molecule has 4 atom stereocenters. The fourth-order valence-electron chi connectivity index (χ4n) is 7.71. The first kappa shape index (κ1) is 41.2. The van der Waals surface area contributed by atoms with Gasteiger partial charge in [0.25, 0.3) is 5.92 Å². The lowest BCUT2D eigenvalue weighted by atomic mass is 10.0. The molecule has 0 radical (unpaired) electrons. The maximum absolute atomic E-state index is 15.9. The van der Waals surface area contributed by atoms with Crippen molar-refractivity contribution in [3.63, 3.8) is 0 Å². The smallest absolute Gasteiger partial charge is 0.407 e. The van der Waals surface area contributed by atoms with Gasteiger partial charge in [-0.1, -0.05) is 52.9 Å². The molecule has 306 valence electrons. The van der Waals surface area contributed by atoms with Crippen molar-refractivity contribution in [1.29, 1.82) is 0 Å². The average Bonchev–Trinajstić information content (AvgIpc) is 3.95. The summed E-state index contributed by atoms with van der Waals surface area (Å²) in [4.78, 5) is 69.7. The van der Waals surface area contributed by atoms with Gasteiger partial charge in [-0.2, -0.15) is 0 Å². The Kier molecular flexibility index (Phi) is 11.5. The molecule has 2 saturated heterocycles. The number of hydrogen-bond acceptors (Lipinski definition) is 8. The number of aromatic nitrogens is 4. The van der Waals surface area contributed by atoms with E-state index in [0.717, 1.165) is 18.1 Å². The van der Waals surface area contributed by atoms with E-state index in [1.165, 1.54) is 13.2 Å². The zero-order chi connectivity index (χ0) is 41.6. The van der Waals surface area contributed by atoms with Crippen molar-refractivity contribution in [2.45, 2.75) is 83.3 Å². The van der Waals surface area contributed by atoms with Crippen LogP contribution < -0.4 is 10.6 Å². The maximum Gasteiger partial charge on any atom is 0.407 e. The van der Waals surface area contributed by atoms with Gasteiger partial charge in [-0.25, -0.2) is 32.7 Å². The van der Waals surface area contributed by atoms with Crippen LogP contribution in [0.3, 0.4) is 0 Å². The van der Waals surface area contributed by atoms with Crippen molar-refractivity contribution >= 4 is 43.1 Å². The predicted molar refractivity (Wildman–Crippen MR) is 208 cm³/mol. The molecule has 14 nitrogen and oxygen atoms in total. The topological polar surface area (TPSA) is 175 Å². The number of amides is 4. The van der Waals surface area contributed by atoms with Gasteiger partial charge in [0.1, 0.15) is 29.5 Å². The number of carbonyl (C=O) groups is 4. The lowest BCUT2D eigenvalue weighted by Gasteiger charge is -2.30. The number of nitrogens with one attached hydrogen (secondary N) is 4. The molecule has 6 rings (SSSR count). The molecule has 18 heteroatoms. The first-order valence-electron chi connectivity index (χ1n) is 18.8. The Labute approximate surface area is 329 Å². The summed E-state index contributed by atoms with van der Waals surface area (Å²) in [6.45, 7) is 10.6. The standard InChI is InChI=1S/C39H49F3N8O6Si/c1-20(2)31(47-37(53)55-5)35(51)49-18-39(41,42)15-29(49)34-44-26-12-10-23(14-27(26)45-34)22-9-11-24(25(40)13-22)28-16-43-33(46-28)30-17-57(7,8)19-50(30)36(52)32(21(3)4)48-38(54)56-6/h9-14,16,20-21,29-32H,15,17-19H2,1-8H3,(H,43,46)(H,44,45)(H,47,53)(H,48,54)/t29-,30-,31-,32-/m0/s1. The lowest BCUT2D eigenvalue weighted by molar-refractivity contribution is -0.137. The SMILES string of the molecule is COC(=O)N[C@H](C(=O)N1C[Si](C)(C)C[C@H]1c1ncc(-c2ccc(-c3ccc4[nH]c([C@@H]5CC(F)(F)CN5C(=O)[C@@H](NC(=O)OC)C(C)C)nc4c3)cc2F)[nH]1)C(C)C. The van der Waals surface area contributed by atoms with Crippen LogP contribution in [0.25, 0.3) is 33.4 Å². The highest BCUT2D eigenvalue weighted by atomic mass is 28.3. The van der Waals surface area contributed by atoms with Crippen molar-refractivity contribution in [3.8, 4) is 22.4 Å². The summed E-state index contributed by atoms with van der Waals surface area (Å²) in [5, 5.41) is 5.12. The number of rotatable bonds is 10. The van der Waals surface area contributed by atoms with Gasteiger partial charge in [0, 0.05) is 18.2 Å². The summed E-state index contributed by atoms with van der Waals surface area (Å²) in [6.07, 6.45) is -0.0774. The molecular formula is C39H49F3N8O6Si. The van der Waals surface area contributed by atoms with Crippen molar-refractivity contribution in [2.75, 3.05) is 26.9 Å². The van der Waals surface area contributed by atoms with Crippen molar-refractivity contribution in [1.82, 2.24) is 40.4 Å². The molecule has 0 spiro atoms. The van der Waals surface area contributed by atoms with Crippen LogP contribution in [0.15, 0.2) is 42.6 Å². The van der Waals surface area contributed by atoms with Crippen LogP contribution in [-0.2, 0) is 19.1 Å². The molecule has 0 saturated carbocycles. The van der Waals surface area contributed by atoms with Crippen LogP contribution in [-0.4, -0.2) is 107 Å². The number of likely N-dealkylation sites (tertiary alicyclic amines) is 1. The summed E-state index contributed by atoms with van der Waals surface area (Å²) in [5.74, 6) is -4.52. The Morgan fingerprint density at radius 3 is 2.05 bits per heavy atom. The van der Waals surface area contributed by atoms with Gasteiger partial charge in [0.2, 0.25) is 11.8 Å². The number of aromatic amines is 2. The third kappa shape index (κ3) is 8.64. The van der Waals surface area contributed by atoms with Gasteiger partial charge in [-0.15, -0.1) is 0 Å². The van der Waals surface area contributed by atoms with Crippen LogP contribution in [0.1, 0.15) is 57.8 Å². The Bertz CT molecular complexity index is 2170. The van der Waals surface area contributed by atoms with Crippen molar-refractivity contribution < 1.29 is 41.8 Å². The zero-order valence-electron chi connectivity index (χ0n) is 33.2. The quantitative estimate of drug-likeness (QED) is 0.130. The van der Waals surface area contributed by atoms with Crippen LogP contribution in [0.4, 0.5) is 22.8 Å². The highest BCUT2D eigenvalue weighted by Crippen LogP contribution is 2.42. The number of methoxy groups -OCH3 is 2. The minimum absolute atomic E-state index is 0.165. The van der Waals surface area contributed by atoms with E-state index in [4.69, 9.17) is 4.74 Å². The molecule has 4 amide bonds. The van der Waals surface area contributed by atoms with Gasteiger partial charge in [0.15, 0.2) is 0 Å². The number of imidazole rings is 2. The van der Waals surface area contributed by atoms with E-state index in [0.29, 0.717) is 39.8 Å². The van der Waals surface area contributed by atoms with Gasteiger partial charge in [-0.3, -0.25) is 9.59 Å². The second-order valence-electron chi connectivity index (χ2n) is 16.3. The average molecular weight is 811 g/mol. The molecule has 0 aliphatic carbocycles. The van der Waals surface area contributed by atoms with Crippen LogP contribution in [0.2, 0.25) is 19.1 Å². The zero-order valence-corrected chi connectivity index (χ0v) is 34.2. The molecule has 2 aromatic carbocycles. The molecule has 0 bridgehead atoms. The first-order valence-corrected chi connectivity index (χ1v) is 22.3. The van der Waals surface area contributed by atoms with Crippen LogP contribution in [0.5, 0.6) is 0 Å². The third-order valence-corrected chi connectivity index (χ3v) is 13.3. The fourth-order valence-corrected chi connectivity index (χ4v) is 10.6. The Morgan fingerprint density at radius 1 is 0.860 bits per heavy atom. The fraction of sp³-hybridized carbons (Fsp3) is 0.487. The molecular weight excluding hydrogens is 762 g/mol. The predicted octanol–water partition coefficient (Wildman–Crippen LogP) is 6.56. The van der Waals surface area contributed by atoms with E-state index in [1.807, 2.05) is 13.8 Å². The molecule has 4 N–H and O–H groups in total. The number of fused-ring (bicyclic) bond motifs is 1. The normalized spacial score (nSPS) is 19.9. The molecule has 57 heavy (non-hydrogen) atoms. The second-order valence-corrected chi connectivity index (χ2v) is 21.4. The van der Waals surface area contributed by atoms with Crippen molar-refractivity contribution in [3.05, 3.63) is 60.1 Å². The Morgan fingerprint density at radius 2 is 1.46 bits per heavy atom. The van der Waals surface area contributed by atoms with Gasteiger partial charge >= 0.3 is 12.2 Å². The number of nitrogens with zero attached hydrogens (tertiary/aromatic N) is 4. The first-order chi connectivity index (χ1) is 26.8. The van der Waals surface area contributed by atoms with E-state index in [1.54, 1.807) is 55.3 Å². The van der Waals surface area contributed by atoms with E-state index in [2.05, 4.69) is 48.4 Å². The Balaban J connectivity index is 1.23. The highest BCUT2D eigenvalue weighted by Gasteiger charge is 2.50. The van der Waals surface area contributed by atoms with Crippen molar-refractivity contribution in [2.24, 2.45) is 11.8 Å². The number of halogens is 3. The van der Waals surface area contributed by atoms with E-state index < -0.39 is 74.9 Å². The summed E-state index contributed by atoms with van der Waals surface area (Å²) < 4.78 is 55.0. The maximum atomic E-state index is 15.9. The van der Waals surface area contributed by atoms with Gasteiger partial charge < -0.3 is 39.9 Å². The van der Waals surface area contributed by atoms with E-state index >= 15 is 4.39 Å². The molecule has 2 aromatic heterocycles. The molecule has 2 aliphatic rings. The molecule has 4 aromatic rings. The molecule has 0 unspecified atom stereocenters.